The van der Waals surface area contributed by atoms with Gasteiger partial charge in [-0.1, -0.05) is 6.07 Å². The molecule has 2 heterocycles. The molecule has 16 heavy (non-hydrogen) atoms. The molecule has 1 unspecified atom stereocenters. The average molecular weight is 284 g/mol. The zero-order valence-corrected chi connectivity index (χ0v) is 11.1. The minimum absolute atomic E-state index is 0.0226. The molecule has 2 amide bonds. The van der Waals surface area contributed by atoms with E-state index in [9.17, 15) is 4.79 Å². The summed E-state index contributed by atoms with van der Waals surface area (Å²) in [5, 5.41) is 2.96. The van der Waals surface area contributed by atoms with Crippen LogP contribution in [0.15, 0.2) is 22.9 Å². The summed E-state index contributed by atoms with van der Waals surface area (Å²) >= 11 is 3.30. The van der Waals surface area contributed by atoms with E-state index < -0.39 is 0 Å². The molecule has 1 aliphatic heterocycles. The minimum Gasteiger partial charge on any atom is -0.329 e. The molecule has 1 aliphatic rings. The Morgan fingerprint density at radius 1 is 1.50 bits per heavy atom. The number of carbonyl (C=O) groups excluding carboxylic acids is 1. The van der Waals surface area contributed by atoms with Crippen molar-refractivity contribution in [2.45, 2.75) is 25.4 Å². The lowest BCUT2D eigenvalue weighted by molar-refractivity contribution is 0.187. The summed E-state index contributed by atoms with van der Waals surface area (Å²) in [7, 11) is 1.81. The Kier molecular flexibility index (Phi) is 2.66. The maximum Gasteiger partial charge on any atom is 0.318 e. The van der Waals surface area contributed by atoms with Crippen LogP contribution in [0.2, 0.25) is 0 Å². The van der Waals surface area contributed by atoms with Crippen molar-refractivity contribution in [3.05, 3.63) is 28.5 Å². The SMILES string of the molecule is CN1C(=O)NC(c2ccc(Br)nc2)C1(C)C. The van der Waals surface area contributed by atoms with Crippen LogP contribution in [0.3, 0.4) is 0 Å². The van der Waals surface area contributed by atoms with Crippen molar-refractivity contribution in [3.8, 4) is 0 Å². The van der Waals surface area contributed by atoms with Crippen LogP contribution in [-0.2, 0) is 0 Å². The van der Waals surface area contributed by atoms with E-state index in [1.807, 2.05) is 33.0 Å². The van der Waals surface area contributed by atoms with Crippen LogP contribution in [-0.4, -0.2) is 28.5 Å². The molecule has 0 saturated carbocycles. The van der Waals surface area contributed by atoms with Crippen LogP contribution in [0.25, 0.3) is 0 Å². The van der Waals surface area contributed by atoms with Gasteiger partial charge in [0.25, 0.3) is 0 Å². The topological polar surface area (TPSA) is 45.2 Å². The lowest BCUT2D eigenvalue weighted by atomic mass is 9.90. The van der Waals surface area contributed by atoms with Crippen LogP contribution < -0.4 is 5.32 Å². The van der Waals surface area contributed by atoms with Crippen molar-refractivity contribution in [1.82, 2.24) is 15.2 Å². The first kappa shape index (κ1) is 11.4. The van der Waals surface area contributed by atoms with Crippen molar-refractivity contribution in [2.75, 3.05) is 7.05 Å². The van der Waals surface area contributed by atoms with E-state index in [1.165, 1.54) is 0 Å². The van der Waals surface area contributed by atoms with Gasteiger partial charge in [-0.2, -0.15) is 0 Å². The molecule has 0 radical (unpaired) electrons. The second-order valence-corrected chi connectivity index (χ2v) is 5.32. The molecule has 86 valence electrons. The van der Waals surface area contributed by atoms with Crippen LogP contribution >= 0.6 is 15.9 Å². The fraction of sp³-hybridized carbons (Fsp3) is 0.455. The molecule has 1 atom stereocenters. The van der Waals surface area contributed by atoms with Gasteiger partial charge in [-0.15, -0.1) is 0 Å². The molecular formula is C11H14BrN3O. The second kappa shape index (κ2) is 3.73. The Morgan fingerprint density at radius 2 is 2.19 bits per heavy atom. The van der Waals surface area contributed by atoms with Crippen molar-refractivity contribution in [1.29, 1.82) is 0 Å². The van der Waals surface area contributed by atoms with E-state index in [2.05, 4.69) is 26.2 Å². The standard InChI is InChI=1S/C11H14BrN3O/c1-11(2)9(14-10(16)15(11)3)7-4-5-8(12)13-6-7/h4-6,9H,1-3H3,(H,14,16). The molecule has 1 aromatic rings. The molecule has 5 heteroatoms. The monoisotopic (exact) mass is 283 g/mol. The summed E-state index contributed by atoms with van der Waals surface area (Å²) < 4.78 is 0.798. The fourth-order valence-corrected chi connectivity index (χ4v) is 2.14. The van der Waals surface area contributed by atoms with E-state index in [-0.39, 0.29) is 17.6 Å². The van der Waals surface area contributed by atoms with Gasteiger partial charge in [-0.05, 0) is 41.4 Å². The Labute approximate surface area is 103 Å². The van der Waals surface area contributed by atoms with Gasteiger partial charge in [-0.25, -0.2) is 9.78 Å². The highest BCUT2D eigenvalue weighted by molar-refractivity contribution is 9.10. The third-order valence-corrected chi connectivity index (χ3v) is 3.70. The number of halogens is 1. The summed E-state index contributed by atoms with van der Waals surface area (Å²) in [5.74, 6) is 0. The van der Waals surface area contributed by atoms with E-state index in [0.717, 1.165) is 10.2 Å². The largest absolute Gasteiger partial charge is 0.329 e. The summed E-state index contributed by atoms with van der Waals surface area (Å²) in [6, 6.07) is 3.79. The van der Waals surface area contributed by atoms with Crippen molar-refractivity contribution < 1.29 is 4.79 Å². The van der Waals surface area contributed by atoms with Gasteiger partial charge >= 0.3 is 6.03 Å². The highest BCUT2D eigenvalue weighted by atomic mass is 79.9. The molecule has 0 bridgehead atoms. The first-order chi connectivity index (χ1) is 7.43. The van der Waals surface area contributed by atoms with Crippen LogP contribution in [0.5, 0.6) is 0 Å². The molecule has 2 rings (SSSR count). The zero-order chi connectivity index (χ0) is 11.9. The number of likely N-dealkylation sites (N-methyl/N-ethyl adjacent to an activating group) is 1. The van der Waals surface area contributed by atoms with Gasteiger partial charge in [0, 0.05) is 13.2 Å². The van der Waals surface area contributed by atoms with Gasteiger partial charge in [0.1, 0.15) is 4.60 Å². The number of nitrogens with zero attached hydrogens (tertiary/aromatic N) is 2. The fourth-order valence-electron chi connectivity index (χ4n) is 1.90. The Hall–Kier alpha value is -1.10. The molecule has 4 nitrogen and oxygen atoms in total. The van der Waals surface area contributed by atoms with Crippen LogP contribution in [0.1, 0.15) is 25.5 Å². The smallest absolute Gasteiger partial charge is 0.318 e. The summed E-state index contributed by atoms with van der Waals surface area (Å²) in [6.45, 7) is 4.08. The highest BCUT2D eigenvalue weighted by Crippen LogP contribution is 2.35. The minimum atomic E-state index is -0.243. The maximum absolute atomic E-state index is 11.6. The highest BCUT2D eigenvalue weighted by Gasteiger charge is 2.44. The van der Waals surface area contributed by atoms with Crippen LogP contribution in [0.4, 0.5) is 4.79 Å². The Balaban J connectivity index is 2.35. The van der Waals surface area contributed by atoms with E-state index >= 15 is 0 Å². The lowest BCUT2D eigenvalue weighted by Gasteiger charge is -2.31. The van der Waals surface area contributed by atoms with E-state index in [4.69, 9.17) is 0 Å². The van der Waals surface area contributed by atoms with Gasteiger partial charge in [-0.3, -0.25) is 0 Å². The van der Waals surface area contributed by atoms with E-state index in [0.29, 0.717) is 0 Å². The number of nitrogens with one attached hydrogen (secondary N) is 1. The predicted octanol–water partition coefficient (Wildman–Crippen LogP) is 2.32. The number of rotatable bonds is 1. The van der Waals surface area contributed by atoms with Gasteiger partial charge < -0.3 is 10.2 Å². The third kappa shape index (κ3) is 1.69. The first-order valence-corrected chi connectivity index (χ1v) is 5.88. The molecular weight excluding hydrogens is 270 g/mol. The zero-order valence-electron chi connectivity index (χ0n) is 9.49. The third-order valence-electron chi connectivity index (χ3n) is 3.23. The van der Waals surface area contributed by atoms with Crippen molar-refractivity contribution >= 4 is 22.0 Å². The van der Waals surface area contributed by atoms with Crippen molar-refractivity contribution in [3.63, 3.8) is 0 Å². The quantitative estimate of drug-likeness (QED) is 0.804. The summed E-state index contributed by atoms with van der Waals surface area (Å²) in [4.78, 5) is 17.5. The molecule has 0 spiro atoms. The molecule has 1 saturated heterocycles. The number of pyridine rings is 1. The number of aromatic nitrogens is 1. The number of hydrogen-bond acceptors (Lipinski definition) is 2. The normalized spacial score (nSPS) is 23.4. The number of carbonyl (C=O) groups is 1. The second-order valence-electron chi connectivity index (χ2n) is 4.51. The molecule has 1 N–H and O–H groups in total. The van der Waals surface area contributed by atoms with Gasteiger partial charge in [0.15, 0.2) is 0 Å². The Bertz CT molecular complexity index is 416. The average Bonchev–Trinajstić information content (AvgIpc) is 2.44. The number of amides is 2. The van der Waals surface area contributed by atoms with Crippen LogP contribution in [0, 0.1) is 0 Å². The molecule has 0 aromatic carbocycles. The number of hydrogen-bond donors (Lipinski definition) is 1. The van der Waals surface area contributed by atoms with E-state index in [1.54, 1.807) is 11.1 Å². The molecule has 0 aliphatic carbocycles. The lowest BCUT2D eigenvalue weighted by Crippen LogP contribution is -2.40. The summed E-state index contributed by atoms with van der Waals surface area (Å²) in [5.41, 5.74) is 0.776. The molecule has 1 aromatic heterocycles. The van der Waals surface area contributed by atoms with Gasteiger partial charge in [0.2, 0.25) is 0 Å². The van der Waals surface area contributed by atoms with Crippen molar-refractivity contribution in [2.24, 2.45) is 0 Å². The number of urea groups is 1. The Morgan fingerprint density at radius 3 is 2.62 bits per heavy atom. The van der Waals surface area contributed by atoms with Gasteiger partial charge in [0.05, 0.1) is 11.6 Å². The predicted molar refractivity (Wildman–Crippen MR) is 65.1 cm³/mol. The maximum atomic E-state index is 11.6. The first-order valence-electron chi connectivity index (χ1n) is 5.08. The summed E-state index contributed by atoms with van der Waals surface area (Å²) in [6.07, 6.45) is 1.79. The molecule has 1 fully saturated rings.